The Bertz CT molecular complexity index is 787. The fourth-order valence-electron chi connectivity index (χ4n) is 1.80. The van der Waals surface area contributed by atoms with E-state index in [9.17, 15) is 9.18 Å². The van der Waals surface area contributed by atoms with E-state index in [1.54, 1.807) is 30.5 Å². The highest BCUT2D eigenvalue weighted by molar-refractivity contribution is 9.10. The number of nitrogens with zero attached hydrogens (tertiary/aromatic N) is 2. The Labute approximate surface area is 128 Å². The Morgan fingerprint density at radius 3 is 2.81 bits per heavy atom. The van der Waals surface area contributed by atoms with Gasteiger partial charge in [-0.2, -0.15) is 0 Å². The molecule has 0 amide bonds. The van der Waals surface area contributed by atoms with Gasteiger partial charge in [-0.1, -0.05) is 18.2 Å². The van der Waals surface area contributed by atoms with Gasteiger partial charge in [0.15, 0.2) is 5.70 Å². The van der Waals surface area contributed by atoms with Crippen molar-refractivity contribution in [3.05, 3.63) is 69.8 Å². The summed E-state index contributed by atoms with van der Waals surface area (Å²) in [5.41, 5.74) is 0.895. The molecule has 0 unspecified atom stereocenters. The van der Waals surface area contributed by atoms with Crippen molar-refractivity contribution in [2.75, 3.05) is 0 Å². The first-order chi connectivity index (χ1) is 10.1. The summed E-state index contributed by atoms with van der Waals surface area (Å²) in [5, 5.41) is 0. The number of halogens is 2. The minimum Gasteiger partial charge on any atom is -0.402 e. The molecule has 0 N–H and O–H groups in total. The van der Waals surface area contributed by atoms with Gasteiger partial charge in [-0.3, -0.25) is 4.98 Å². The van der Waals surface area contributed by atoms with Gasteiger partial charge in [-0.15, -0.1) is 0 Å². The maximum absolute atomic E-state index is 13.6. The fourth-order valence-corrected chi connectivity index (χ4v) is 2.17. The van der Waals surface area contributed by atoms with Crippen molar-refractivity contribution in [3.8, 4) is 0 Å². The van der Waals surface area contributed by atoms with E-state index >= 15 is 0 Å². The summed E-state index contributed by atoms with van der Waals surface area (Å²) in [6.45, 7) is 0. The number of rotatable bonds is 2. The molecule has 1 aliphatic rings. The molecule has 2 aromatic rings. The Balaban J connectivity index is 1.98. The van der Waals surface area contributed by atoms with Crippen molar-refractivity contribution >= 4 is 33.9 Å². The summed E-state index contributed by atoms with van der Waals surface area (Å²) in [6.07, 6.45) is 4.50. The van der Waals surface area contributed by atoms with E-state index in [1.165, 1.54) is 18.3 Å². The van der Waals surface area contributed by atoms with Crippen molar-refractivity contribution in [3.63, 3.8) is 0 Å². The Kier molecular flexibility index (Phi) is 3.62. The number of hydrogen-bond donors (Lipinski definition) is 0. The summed E-state index contributed by atoms with van der Waals surface area (Å²) in [5.74, 6) is -0.893. The third kappa shape index (κ3) is 2.90. The van der Waals surface area contributed by atoms with Gasteiger partial charge in [0, 0.05) is 22.4 Å². The van der Waals surface area contributed by atoms with Crippen molar-refractivity contribution in [2.24, 2.45) is 4.99 Å². The molecule has 104 valence electrons. The second-order valence-electron chi connectivity index (χ2n) is 4.25. The van der Waals surface area contributed by atoms with E-state index in [2.05, 4.69) is 25.9 Å². The number of benzene rings is 1. The highest BCUT2D eigenvalue weighted by atomic mass is 79.9. The molecule has 0 bridgehead atoms. The fraction of sp³-hybridized carbons (Fsp3) is 0. The quantitative estimate of drug-likeness (QED) is 0.619. The summed E-state index contributed by atoms with van der Waals surface area (Å²) in [7, 11) is 0. The van der Waals surface area contributed by atoms with Crippen LogP contribution in [-0.2, 0) is 9.53 Å². The summed E-state index contributed by atoms with van der Waals surface area (Å²) >= 11 is 3.28. The average molecular weight is 347 g/mol. The monoisotopic (exact) mass is 346 g/mol. The number of cyclic esters (lactones) is 1. The first-order valence-electron chi connectivity index (χ1n) is 6.01. The number of carbonyl (C=O) groups excluding carboxylic acids is 1. The highest BCUT2D eigenvalue weighted by Gasteiger charge is 2.24. The molecule has 21 heavy (non-hydrogen) atoms. The van der Waals surface area contributed by atoms with Crippen LogP contribution in [-0.4, -0.2) is 16.9 Å². The maximum Gasteiger partial charge on any atom is 0.363 e. The molecule has 0 aliphatic carbocycles. The Morgan fingerprint density at radius 1 is 1.24 bits per heavy atom. The lowest BCUT2D eigenvalue weighted by Gasteiger charge is -1.98. The molecule has 0 fully saturated rings. The van der Waals surface area contributed by atoms with Gasteiger partial charge in [-0.05, 0) is 34.1 Å². The number of esters is 1. The molecule has 1 aliphatic heterocycles. The third-order valence-electron chi connectivity index (χ3n) is 2.77. The number of aromatic nitrogens is 1. The van der Waals surface area contributed by atoms with E-state index in [1.807, 2.05) is 0 Å². The van der Waals surface area contributed by atoms with Crippen LogP contribution in [0, 0.1) is 5.82 Å². The van der Waals surface area contributed by atoms with Crippen LogP contribution in [0.25, 0.3) is 6.08 Å². The molecule has 0 radical (unpaired) electrons. The number of carbonyl (C=O) groups is 1. The zero-order chi connectivity index (χ0) is 14.8. The van der Waals surface area contributed by atoms with Crippen molar-refractivity contribution in [1.29, 1.82) is 0 Å². The van der Waals surface area contributed by atoms with Crippen molar-refractivity contribution < 1.29 is 13.9 Å². The Hall–Kier alpha value is -2.34. The van der Waals surface area contributed by atoms with Crippen LogP contribution in [0.3, 0.4) is 0 Å². The standard InChI is InChI=1S/C15H8BrFN2O2/c16-11-5-10(7-18-8-11)14-19-13(15(20)21-14)6-9-3-1-2-4-12(9)17/h1-8H. The van der Waals surface area contributed by atoms with Crippen LogP contribution in [0.1, 0.15) is 11.1 Å². The number of aliphatic imine (C=N–C) groups is 1. The predicted octanol–water partition coefficient (Wildman–Crippen LogP) is 3.33. The van der Waals surface area contributed by atoms with Gasteiger partial charge in [0.05, 0.1) is 5.56 Å². The van der Waals surface area contributed by atoms with Crippen LogP contribution < -0.4 is 0 Å². The molecule has 6 heteroatoms. The molecule has 0 spiro atoms. The normalized spacial score (nSPS) is 16.0. The molecular weight excluding hydrogens is 339 g/mol. The molecule has 0 atom stereocenters. The van der Waals surface area contributed by atoms with E-state index in [-0.39, 0.29) is 17.2 Å². The zero-order valence-electron chi connectivity index (χ0n) is 10.6. The molecule has 0 saturated heterocycles. The molecule has 2 heterocycles. The lowest BCUT2D eigenvalue weighted by molar-refractivity contribution is -0.129. The lowest BCUT2D eigenvalue weighted by atomic mass is 10.2. The van der Waals surface area contributed by atoms with E-state index in [4.69, 9.17) is 4.74 Å². The van der Waals surface area contributed by atoms with Gasteiger partial charge < -0.3 is 4.74 Å². The van der Waals surface area contributed by atoms with E-state index in [0.29, 0.717) is 5.56 Å². The first-order valence-corrected chi connectivity index (χ1v) is 6.81. The number of pyridine rings is 1. The summed E-state index contributed by atoms with van der Waals surface area (Å²) < 4.78 is 19.4. The van der Waals surface area contributed by atoms with Crippen LogP contribution in [0.15, 0.2) is 57.9 Å². The maximum atomic E-state index is 13.6. The zero-order valence-corrected chi connectivity index (χ0v) is 12.2. The van der Waals surface area contributed by atoms with Gasteiger partial charge >= 0.3 is 5.97 Å². The van der Waals surface area contributed by atoms with E-state index in [0.717, 1.165) is 4.47 Å². The van der Waals surface area contributed by atoms with Crippen LogP contribution >= 0.6 is 15.9 Å². The van der Waals surface area contributed by atoms with Gasteiger partial charge in [0.25, 0.3) is 0 Å². The van der Waals surface area contributed by atoms with E-state index < -0.39 is 11.8 Å². The molecule has 0 saturated carbocycles. The van der Waals surface area contributed by atoms with Crippen molar-refractivity contribution in [2.45, 2.75) is 0 Å². The lowest BCUT2D eigenvalue weighted by Crippen LogP contribution is -2.05. The van der Waals surface area contributed by atoms with Gasteiger partial charge in [0.2, 0.25) is 5.90 Å². The molecule has 4 nitrogen and oxygen atoms in total. The minimum absolute atomic E-state index is 0.0510. The van der Waals surface area contributed by atoms with Crippen LogP contribution in [0.5, 0.6) is 0 Å². The Morgan fingerprint density at radius 2 is 2.05 bits per heavy atom. The third-order valence-corrected chi connectivity index (χ3v) is 3.20. The number of ether oxygens (including phenoxy) is 1. The van der Waals surface area contributed by atoms with Gasteiger partial charge in [-0.25, -0.2) is 14.2 Å². The van der Waals surface area contributed by atoms with Crippen LogP contribution in [0.4, 0.5) is 4.39 Å². The topological polar surface area (TPSA) is 51.5 Å². The second kappa shape index (κ2) is 5.57. The smallest absolute Gasteiger partial charge is 0.363 e. The first kappa shape index (κ1) is 13.6. The van der Waals surface area contributed by atoms with Crippen LogP contribution in [0.2, 0.25) is 0 Å². The predicted molar refractivity (Wildman–Crippen MR) is 78.9 cm³/mol. The molecule has 1 aromatic heterocycles. The van der Waals surface area contributed by atoms with Crippen molar-refractivity contribution in [1.82, 2.24) is 4.98 Å². The number of hydrogen-bond acceptors (Lipinski definition) is 4. The summed E-state index contributed by atoms with van der Waals surface area (Å²) in [4.78, 5) is 19.9. The molecule has 3 rings (SSSR count). The summed E-state index contributed by atoms with van der Waals surface area (Å²) in [6, 6.07) is 7.86. The minimum atomic E-state index is -0.617. The molecule has 1 aromatic carbocycles. The van der Waals surface area contributed by atoms with Gasteiger partial charge in [0.1, 0.15) is 5.82 Å². The average Bonchev–Trinajstić information content (AvgIpc) is 2.83. The SMILES string of the molecule is O=C1OC(c2cncc(Br)c2)=NC1=Cc1ccccc1F. The highest BCUT2D eigenvalue weighted by Crippen LogP contribution is 2.21. The largest absolute Gasteiger partial charge is 0.402 e. The molecular formula is C15H8BrFN2O2. The second-order valence-corrected chi connectivity index (χ2v) is 5.17.